The lowest BCUT2D eigenvalue weighted by Crippen LogP contribution is -2.35. The van der Waals surface area contributed by atoms with Gasteiger partial charge in [-0.1, -0.05) is 25.1 Å². The Hall–Kier alpha value is -1.65. The van der Waals surface area contributed by atoms with Gasteiger partial charge in [-0.15, -0.1) is 0 Å². The summed E-state index contributed by atoms with van der Waals surface area (Å²) in [5.41, 5.74) is 8.35. The van der Waals surface area contributed by atoms with E-state index >= 15 is 0 Å². The first-order chi connectivity index (χ1) is 10.3. The molecule has 0 aliphatic heterocycles. The lowest BCUT2D eigenvalue weighted by Gasteiger charge is -2.29. The Morgan fingerprint density at radius 1 is 1.33 bits per heavy atom. The van der Waals surface area contributed by atoms with Gasteiger partial charge in [0.25, 0.3) is 0 Å². The molecule has 0 saturated heterocycles. The molecular weight excluding hydrogens is 260 g/mol. The number of likely N-dealkylation sites (N-methyl/N-ethyl adjacent to an activating group) is 1. The molecule has 1 aromatic carbocycles. The fourth-order valence-electron chi connectivity index (χ4n) is 2.84. The van der Waals surface area contributed by atoms with Gasteiger partial charge >= 0.3 is 0 Å². The average molecular weight is 284 g/mol. The Morgan fingerprint density at radius 2 is 2.10 bits per heavy atom. The van der Waals surface area contributed by atoms with Crippen LogP contribution in [0.2, 0.25) is 0 Å². The highest BCUT2D eigenvalue weighted by atomic mass is 15.3. The van der Waals surface area contributed by atoms with Gasteiger partial charge in [0.1, 0.15) is 0 Å². The van der Waals surface area contributed by atoms with Gasteiger partial charge in [-0.25, -0.2) is 4.68 Å². The molecule has 1 heterocycles. The Balaban J connectivity index is 1.79. The second-order valence-corrected chi connectivity index (χ2v) is 5.84. The maximum atomic E-state index is 6.05. The molecular formula is C17H24N4. The molecule has 21 heavy (non-hydrogen) atoms. The normalized spacial score (nSPS) is 16.3. The molecule has 1 aliphatic rings. The Morgan fingerprint density at radius 3 is 2.71 bits per heavy atom. The number of rotatable bonds is 7. The first kappa shape index (κ1) is 14.3. The van der Waals surface area contributed by atoms with Crippen LogP contribution in [0.3, 0.4) is 0 Å². The van der Waals surface area contributed by atoms with Crippen LogP contribution in [0.5, 0.6) is 0 Å². The fraction of sp³-hybridized carbons (Fsp3) is 0.471. The third-order valence-electron chi connectivity index (χ3n) is 4.27. The molecule has 1 saturated carbocycles. The number of nitrogens with zero attached hydrogens (tertiary/aromatic N) is 3. The quantitative estimate of drug-likeness (QED) is 0.850. The van der Waals surface area contributed by atoms with E-state index in [1.807, 2.05) is 29.1 Å². The maximum absolute atomic E-state index is 6.05. The molecule has 4 nitrogen and oxygen atoms in total. The van der Waals surface area contributed by atoms with E-state index in [-0.39, 0.29) is 6.04 Å². The van der Waals surface area contributed by atoms with Gasteiger partial charge in [0.15, 0.2) is 0 Å². The first-order valence-electron chi connectivity index (χ1n) is 7.86. The van der Waals surface area contributed by atoms with E-state index in [0.717, 1.165) is 24.7 Å². The van der Waals surface area contributed by atoms with Crippen LogP contribution in [0.25, 0.3) is 5.69 Å². The van der Waals surface area contributed by atoms with Crippen molar-refractivity contribution in [3.63, 3.8) is 0 Å². The van der Waals surface area contributed by atoms with E-state index in [1.165, 1.54) is 18.4 Å². The largest absolute Gasteiger partial charge is 0.329 e. The molecule has 0 radical (unpaired) electrons. The molecule has 2 aromatic rings. The molecule has 1 unspecified atom stereocenters. The number of para-hydroxylation sites is 1. The highest BCUT2D eigenvalue weighted by Crippen LogP contribution is 2.32. The third kappa shape index (κ3) is 3.34. The van der Waals surface area contributed by atoms with E-state index in [4.69, 9.17) is 5.73 Å². The molecule has 1 fully saturated rings. The number of benzene rings is 1. The van der Waals surface area contributed by atoms with E-state index in [1.54, 1.807) is 0 Å². The van der Waals surface area contributed by atoms with Gasteiger partial charge in [-0.3, -0.25) is 4.90 Å². The number of hydrogen-bond donors (Lipinski definition) is 1. The second kappa shape index (κ2) is 6.41. The molecule has 2 N–H and O–H groups in total. The molecule has 0 bridgehead atoms. The minimum absolute atomic E-state index is 0.271. The number of aromatic nitrogens is 2. The van der Waals surface area contributed by atoms with Crippen LogP contribution in [0.15, 0.2) is 42.7 Å². The zero-order chi connectivity index (χ0) is 14.7. The topological polar surface area (TPSA) is 47.1 Å². The van der Waals surface area contributed by atoms with E-state index < -0.39 is 0 Å². The van der Waals surface area contributed by atoms with Gasteiger partial charge in [0.05, 0.1) is 17.9 Å². The van der Waals surface area contributed by atoms with Crippen LogP contribution in [-0.4, -0.2) is 34.3 Å². The van der Waals surface area contributed by atoms with E-state index in [2.05, 4.69) is 35.3 Å². The highest BCUT2D eigenvalue weighted by Gasteiger charge is 2.28. The zero-order valence-corrected chi connectivity index (χ0v) is 12.7. The van der Waals surface area contributed by atoms with Gasteiger partial charge in [0, 0.05) is 24.8 Å². The SMILES string of the molecule is CCN(CC1CC1)C(CN)c1cnn(-c2ccccc2)c1. The smallest absolute Gasteiger partial charge is 0.0645 e. The summed E-state index contributed by atoms with van der Waals surface area (Å²) in [6.45, 7) is 5.05. The van der Waals surface area contributed by atoms with Crippen molar-refractivity contribution in [3.05, 3.63) is 48.3 Å². The van der Waals surface area contributed by atoms with E-state index in [9.17, 15) is 0 Å². The van der Waals surface area contributed by atoms with Crippen molar-refractivity contribution >= 4 is 0 Å². The standard InChI is InChI=1S/C17H24N4/c1-2-20(12-14-8-9-14)17(10-18)15-11-19-21(13-15)16-6-4-3-5-7-16/h3-7,11,13-14,17H,2,8-10,12,18H2,1H3. The summed E-state index contributed by atoms with van der Waals surface area (Å²) in [4.78, 5) is 2.49. The minimum atomic E-state index is 0.271. The minimum Gasteiger partial charge on any atom is -0.329 e. The Kier molecular flexibility index (Phi) is 4.36. The monoisotopic (exact) mass is 284 g/mol. The first-order valence-corrected chi connectivity index (χ1v) is 7.86. The van der Waals surface area contributed by atoms with Gasteiger partial charge < -0.3 is 5.73 Å². The van der Waals surface area contributed by atoms with Crippen LogP contribution >= 0.6 is 0 Å². The summed E-state index contributed by atoms with van der Waals surface area (Å²) in [6, 6.07) is 10.5. The third-order valence-corrected chi connectivity index (χ3v) is 4.27. The predicted octanol–water partition coefficient (Wildman–Crippen LogP) is 2.60. The summed E-state index contributed by atoms with van der Waals surface area (Å²) >= 11 is 0. The van der Waals surface area contributed by atoms with Gasteiger partial charge in [0.2, 0.25) is 0 Å². The fourth-order valence-corrected chi connectivity index (χ4v) is 2.84. The van der Waals surface area contributed by atoms with Crippen LogP contribution in [0.4, 0.5) is 0 Å². The van der Waals surface area contributed by atoms with Crippen LogP contribution < -0.4 is 5.73 Å². The Bertz CT molecular complexity index is 559. The van der Waals surface area contributed by atoms with Crippen LogP contribution in [-0.2, 0) is 0 Å². The average Bonchev–Trinajstić information content (AvgIpc) is 3.22. The summed E-state index contributed by atoms with van der Waals surface area (Å²) in [5.74, 6) is 0.878. The van der Waals surface area contributed by atoms with Crippen molar-refractivity contribution in [1.29, 1.82) is 0 Å². The van der Waals surface area contributed by atoms with Crippen LogP contribution in [0.1, 0.15) is 31.4 Å². The van der Waals surface area contributed by atoms with Crippen molar-refractivity contribution in [2.75, 3.05) is 19.6 Å². The van der Waals surface area contributed by atoms with Crippen LogP contribution in [0, 0.1) is 5.92 Å². The maximum Gasteiger partial charge on any atom is 0.0645 e. The molecule has 1 atom stereocenters. The molecule has 0 spiro atoms. The Labute approximate surface area is 126 Å². The highest BCUT2D eigenvalue weighted by molar-refractivity contribution is 5.31. The summed E-state index contributed by atoms with van der Waals surface area (Å²) in [5, 5.41) is 4.50. The molecule has 112 valence electrons. The summed E-state index contributed by atoms with van der Waals surface area (Å²) in [7, 11) is 0. The summed E-state index contributed by atoms with van der Waals surface area (Å²) < 4.78 is 1.93. The van der Waals surface area contributed by atoms with E-state index in [0.29, 0.717) is 6.54 Å². The van der Waals surface area contributed by atoms with Crippen molar-refractivity contribution in [2.24, 2.45) is 11.7 Å². The van der Waals surface area contributed by atoms with Crippen molar-refractivity contribution in [1.82, 2.24) is 14.7 Å². The molecule has 0 amide bonds. The summed E-state index contributed by atoms with van der Waals surface area (Å²) in [6.07, 6.45) is 6.82. The second-order valence-electron chi connectivity index (χ2n) is 5.84. The number of nitrogens with two attached hydrogens (primary N) is 1. The van der Waals surface area contributed by atoms with Gasteiger partial charge in [-0.05, 0) is 37.4 Å². The van der Waals surface area contributed by atoms with Crippen molar-refractivity contribution in [3.8, 4) is 5.69 Å². The lowest BCUT2D eigenvalue weighted by atomic mass is 10.1. The van der Waals surface area contributed by atoms with Crippen molar-refractivity contribution < 1.29 is 0 Å². The zero-order valence-electron chi connectivity index (χ0n) is 12.7. The molecule has 1 aromatic heterocycles. The molecule has 1 aliphatic carbocycles. The molecule has 3 rings (SSSR count). The number of hydrogen-bond acceptors (Lipinski definition) is 3. The predicted molar refractivity (Wildman–Crippen MR) is 85.3 cm³/mol. The lowest BCUT2D eigenvalue weighted by molar-refractivity contribution is 0.203. The molecule has 4 heteroatoms. The van der Waals surface area contributed by atoms with Gasteiger partial charge in [-0.2, -0.15) is 5.10 Å². The van der Waals surface area contributed by atoms with Crippen molar-refractivity contribution in [2.45, 2.75) is 25.8 Å².